The molecule has 2 aliphatic rings. The summed E-state index contributed by atoms with van der Waals surface area (Å²) in [6, 6.07) is 11.4. The van der Waals surface area contributed by atoms with Crippen LogP contribution in [0.15, 0.2) is 47.5 Å². The van der Waals surface area contributed by atoms with Crippen molar-refractivity contribution >= 4 is 40.1 Å². The van der Waals surface area contributed by atoms with Crippen molar-refractivity contribution in [2.75, 3.05) is 57.1 Å². The fourth-order valence-corrected chi connectivity index (χ4v) is 4.38. The van der Waals surface area contributed by atoms with E-state index in [0.29, 0.717) is 17.0 Å². The van der Waals surface area contributed by atoms with Gasteiger partial charge in [-0.1, -0.05) is 6.07 Å². The lowest BCUT2D eigenvalue weighted by atomic mass is 10.1. The number of anilines is 2. The first-order valence-electron chi connectivity index (χ1n) is 9.35. The lowest BCUT2D eigenvalue weighted by Gasteiger charge is -2.34. The number of carbonyl (C=O) groups is 2. The van der Waals surface area contributed by atoms with Crippen LogP contribution < -0.4 is 9.80 Å². The zero-order valence-electron chi connectivity index (χ0n) is 16.4. The van der Waals surface area contributed by atoms with E-state index in [1.807, 2.05) is 60.8 Å². The molecule has 2 aliphatic heterocycles. The average Bonchev–Trinajstić information content (AvgIpc) is 3.29. The van der Waals surface area contributed by atoms with Gasteiger partial charge in [0.2, 0.25) is 0 Å². The number of carbonyl (C=O) groups excluding carboxylic acids is 2. The summed E-state index contributed by atoms with van der Waals surface area (Å²) in [5, 5.41) is 1.94. The molecule has 146 valence electrons. The highest BCUT2D eigenvalue weighted by Gasteiger charge is 2.43. The van der Waals surface area contributed by atoms with Gasteiger partial charge in [0.15, 0.2) is 0 Å². The molecule has 3 heterocycles. The van der Waals surface area contributed by atoms with Gasteiger partial charge in [-0.15, -0.1) is 11.3 Å². The van der Waals surface area contributed by atoms with E-state index in [2.05, 4.69) is 16.8 Å². The van der Waals surface area contributed by atoms with Gasteiger partial charge in [-0.25, -0.2) is 4.90 Å². The average molecular weight is 397 g/mol. The number of imide groups is 1. The van der Waals surface area contributed by atoms with Crippen molar-refractivity contribution in [2.24, 2.45) is 0 Å². The number of piperazine rings is 1. The lowest BCUT2D eigenvalue weighted by Crippen LogP contribution is -2.46. The summed E-state index contributed by atoms with van der Waals surface area (Å²) in [5.74, 6) is -0.463. The monoisotopic (exact) mass is 396 g/mol. The predicted molar refractivity (Wildman–Crippen MR) is 114 cm³/mol. The van der Waals surface area contributed by atoms with E-state index < -0.39 is 0 Å². The molecule has 2 amide bonds. The number of hydrogen-bond donors (Lipinski definition) is 0. The van der Waals surface area contributed by atoms with Gasteiger partial charge in [0.05, 0.1) is 11.3 Å². The smallest absolute Gasteiger partial charge is 0.282 e. The van der Waals surface area contributed by atoms with Crippen LogP contribution in [-0.2, 0) is 9.59 Å². The normalized spacial score (nSPS) is 18.4. The van der Waals surface area contributed by atoms with Crippen molar-refractivity contribution in [3.63, 3.8) is 0 Å². The number of likely N-dealkylation sites (N-methyl/N-ethyl adjacent to an activating group) is 1. The number of nitrogens with zero attached hydrogens (tertiary/aromatic N) is 4. The quantitative estimate of drug-likeness (QED) is 0.743. The third kappa shape index (κ3) is 3.21. The molecule has 0 N–H and O–H groups in total. The number of benzene rings is 1. The summed E-state index contributed by atoms with van der Waals surface area (Å²) >= 11 is 1.50. The van der Waals surface area contributed by atoms with Gasteiger partial charge in [0, 0.05) is 50.8 Å². The first kappa shape index (κ1) is 18.7. The van der Waals surface area contributed by atoms with Gasteiger partial charge < -0.3 is 14.7 Å². The fraction of sp³-hybridized carbons (Fsp3) is 0.333. The third-order valence-electron chi connectivity index (χ3n) is 5.27. The molecule has 0 atom stereocenters. The molecule has 0 spiro atoms. The Morgan fingerprint density at radius 2 is 1.61 bits per heavy atom. The maximum atomic E-state index is 13.4. The van der Waals surface area contributed by atoms with E-state index in [1.54, 1.807) is 0 Å². The van der Waals surface area contributed by atoms with Crippen LogP contribution >= 0.6 is 11.3 Å². The predicted octanol–water partition coefficient (Wildman–Crippen LogP) is 2.35. The van der Waals surface area contributed by atoms with E-state index in [0.717, 1.165) is 36.7 Å². The number of amides is 2. The van der Waals surface area contributed by atoms with Crippen molar-refractivity contribution in [3.8, 4) is 0 Å². The van der Waals surface area contributed by atoms with E-state index in [4.69, 9.17) is 0 Å². The van der Waals surface area contributed by atoms with E-state index in [1.165, 1.54) is 16.2 Å². The molecule has 0 radical (unpaired) electrons. The minimum Gasteiger partial charge on any atom is -0.378 e. The molecule has 0 saturated carbocycles. The Hall–Kier alpha value is -2.64. The Bertz CT molecular complexity index is 910. The molecule has 0 unspecified atom stereocenters. The number of hydrogen-bond acceptors (Lipinski definition) is 6. The molecule has 0 aliphatic carbocycles. The van der Waals surface area contributed by atoms with Crippen LogP contribution in [0.25, 0.3) is 5.57 Å². The number of rotatable bonds is 4. The maximum absolute atomic E-state index is 13.4. The van der Waals surface area contributed by atoms with Crippen LogP contribution in [0.2, 0.25) is 0 Å². The van der Waals surface area contributed by atoms with Crippen LogP contribution in [-0.4, -0.2) is 68.9 Å². The molecular formula is C21H24N4O2S. The molecule has 1 fully saturated rings. The maximum Gasteiger partial charge on any atom is 0.282 e. The van der Waals surface area contributed by atoms with Gasteiger partial charge in [-0.05, 0) is 42.8 Å². The first-order chi connectivity index (χ1) is 13.5. The Morgan fingerprint density at radius 1 is 0.929 bits per heavy atom. The first-order valence-corrected chi connectivity index (χ1v) is 10.2. The van der Waals surface area contributed by atoms with Crippen molar-refractivity contribution in [3.05, 3.63) is 52.4 Å². The van der Waals surface area contributed by atoms with Gasteiger partial charge in [0.1, 0.15) is 5.70 Å². The summed E-state index contributed by atoms with van der Waals surface area (Å²) in [6.07, 6.45) is 0. The van der Waals surface area contributed by atoms with Crippen molar-refractivity contribution in [2.45, 2.75) is 0 Å². The van der Waals surface area contributed by atoms with Gasteiger partial charge in [0.25, 0.3) is 11.8 Å². The Morgan fingerprint density at radius 3 is 2.18 bits per heavy atom. The highest BCUT2D eigenvalue weighted by Crippen LogP contribution is 2.37. The molecule has 28 heavy (non-hydrogen) atoms. The SMILES string of the molecule is CN1CCN(C2=C(c3cccs3)C(=O)N(c3ccc(N(C)C)cc3)C2=O)CC1. The van der Waals surface area contributed by atoms with Crippen molar-refractivity contribution in [1.82, 2.24) is 9.80 Å². The third-order valence-corrected chi connectivity index (χ3v) is 6.16. The van der Waals surface area contributed by atoms with E-state index >= 15 is 0 Å². The molecule has 1 aromatic heterocycles. The summed E-state index contributed by atoms with van der Waals surface area (Å²) in [6.45, 7) is 3.24. The van der Waals surface area contributed by atoms with Gasteiger partial charge in [-0.3, -0.25) is 9.59 Å². The van der Waals surface area contributed by atoms with E-state index in [-0.39, 0.29) is 11.8 Å². The van der Waals surface area contributed by atoms with Crippen LogP contribution in [0, 0.1) is 0 Å². The second kappa shape index (κ2) is 7.41. The summed E-state index contributed by atoms with van der Waals surface area (Å²) in [5.41, 5.74) is 2.70. The molecule has 0 bridgehead atoms. The van der Waals surface area contributed by atoms with Crippen molar-refractivity contribution < 1.29 is 9.59 Å². The Kier molecular flexibility index (Phi) is 4.95. The second-order valence-corrected chi connectivity index (χ2v) is 8.30. The molecular weight excluding hydrogens is 372 g/mol. The van der Waals surface area contributed by atoms with Gasteiger partial charge >= 0.3 is 0 Å². The minimum atomic E-state index is -0.237. The van der Waals surface area contributed by atoms with Gasteiger partial charge in [-0.2, -0.15) is 0 Å². The molecule has 4 rings (SSSR count). The number of thiophene rings is 1. The molecule has 2 aromatic rings. The standard InChI is InChI=1S/C21H24N4O2S/c1-22(2)15-6-8-16(9-7-15)25-20(26)18(17-5-4-14-28-17)19(21(25)27)24-12-10-23(3)11-13-24/h4-9,14H,10-13H2,1-3H3. The zero-order chi connectivity index (χ0) is 19.8. The fourth-order valence-electron chi connectivity index (χ4n) is 3.62. The summed E-state index contributed by atoms with van der Waals surface area (Å²) in [7, 11) is 6.00. The Balaban J connectivity index is 1.73. The molecule has 7 heteroatoms. The molecule has 1 aromatic carbocycles. The zero-order valence-corrected chi connectivity index (χ0v) is 17.2. The summed E-state index contributed by atoms with van der Waals surface area (Å²) in [4.78, 5) is 35.2. The second-order valence-electron chi connectivity index (χ2n) is 7.35. The Labute approximate surface area is 169 Å². The van der Waals surface area contributed by atoms with Crippen LogP contribution in [0.3, 0.4) is 0 Å². The highest BCUT2D eigenvalue weighted by molar-refractivity contribution is 7.11. The molecule has 6 nitrogen and oxygen atoms in total. The largest absolute Gasteiger partial charge is 0.378 e. The van der Waals surface area contributed by atoms with Crippen LogP contribution in [0.1, 0.15) is 4.88 Å². The summed E-state index contributed by atoms with van der Waals surface area (Å²) < 4.78 is 0. The lowest BCUT2D eigenvalue weighted by molar-refractivity contribution is -0.120. The highest BCUT2D eigenvalue weighted by atomic mass is 32.1. The minimum absolute atomic E-state index is 0.226. The van der Waals surface area contributed by atoms with Crippen LogP contribution in [0.4, 0.5) is 11.4 Å². The van der Waals surface area contributed by atoms with Crippen molar-refractivity contribution in [1.29, 1.82) is 0 Å². The topological polar surface area (TPSA) is 47.1 Å². The van der Waals surface area contributed by atoms with E-state index in [9.17, 15) is 9.59 Å². The van der Waals surface area contributed by atoms with Crippen LogP contribution in [0.5, 0.6) is 0 Å². The molecule has 1 saturated heterocycles.